The average Bonchev–Trinajstić information content (AvgIpc) is 3.22. The summed E-state index contributed by atoms with van der Waals surface area (Å²) in [7, 11) is 0. The molecular weight excluding hydrogens is 484 g/mol. The molecule has 0 saturated carbocycles. The predicted octanol–water partition coefficient (Wildman–Crippen LogP) is 2.20. The Morgan fingerprint density at radius 1 is 1.03 bits per heavy atom. The van der Waals surface area contributed by atoms with Crippen molar-refractivity contribution in [2.24, 2.45) is 16.6 Å². The van der Waals surface area contributed by atoms with Crippen molar-refractivity contribution in [2.45, 2.75) is 6.42 Å². The number of piperazine rings is 1. The van der Waals surface area contributed by atoms with E-state index in [9.17, 15) is 4.39 Å². The van der Waals surface area contributed by atoms with Crippen LogP contribution in [0.15, 0.2) is 47.7 Å². The molecule has 1 aromatic heterocycles. The smallest absolute Gasteiger partial charge is 0.225 e. The van der Waals surface area contributed by atoms with Crippen molar-refractivity contribution < 1.29 is 4.39 Å². The van der Waals surface area contributed by atoms with Crippen LogP contribution in [-0.2, 0) is 0 Å². The number of nitrogens with zero attached hydrogens (tertiary/aromatic N) is 6. The molecule has 2 aromatic rings. The number of rotatable bonds is 4. The maximum Gasteiger partial charge on any atom is 0.225 e. The highest BCUT2D eigenvalue weighted by molar-refractivity contribution is 14.0. The summed E-state index contributed by atoms with van der Waals surface area (Å²) in [5, 5.41) is 0. The summed E-state index contributed by atoms with van der Waals surface area (Å²) in [4.78, 5) is 19.6. The lowest BCUT2D eigenvalue weighted by molar-refractivity contribution is 0.377. The fraction of sp³-hybridized carbons (Fsp3) is 0.450. The number of hydrogen-bond acceptors (Lipinski definition) is 5. The van der Waals surface area contributed by atoms with Gasteiger partial charge in [0.05, 0.1) is 5.69 Å². The summed E-state index contributed by atoms with van der Waals surface area (Å²) in [5.74, 6) is 1.60. The molecule has 2 fully saturated rings. The molecule has 4 rings (SSSR count). The van der Waals surface area contributed by atoms with E-state index in [0.29, 0.717) is 24.1 Å². The summed E-state index contributed by atoms with van der Waals surface area (Å²) >= 11 is 0. The highest BCUT2D eigenvalue weighted by atomic mass is 127. The number of aromatic nitrogens is 2. The van der Waals surface area contributed by atoms with Gasteiger partial charge in [-0.3, -0.25) is 4.99 Å². The third kappa shape index (κ3) is 5.26. The van der Waals surface area contributed by atoms with Crippen LogP contribution >= 0.6 is 24.0 Å². The van der Waals surface area contributed by atoms with E-state index in [1.54, 1.807) is 18.5 Å². The highest BCUT2D eigenvalue weighted by Gasteiger charge is 2.25. The summed E-state index contributed by atoms with van der Waals surface area (Å²) in [6.07, 6.45) is 4.53. The number of guanidine groups is 1. The van der Waals surface area contributed by atoms with Crippen LogP contribution in [0.2, 0.25) is 0 Å². The van der Waals surface area contributed by atoms with Crippen LogP contribution in [0.5, 0.6) is 0 Å². The Hall–Kier alpha value is -2.17. The van der Waals surface area contributed by atoms with Crippen LogP contribution in [0.1, 0.15) is 6.42 Å². The van der Waals surface area contributed by atoms with Crippen LogP contribution in [-0.4, -0.2) is 66.6 Å². The second-order valence-corrected chi connectivity index (χ2v) is 7.27. The molecule has 0 amide bonds. The second kappa shape index (κ2) is 10.0. The first kappa shape index (κ1) is 21.5. The van der Waals surface area contributed by atoms with Gasteiger partial charge in [-0.1, -0.05) is 12.1 Å². The molecule has 2 aliphatic heterocycles. The minimum Gasteiger partial charge on any atom is -0.370 e. The van der Waals surface area contributed by atoms with Crippen molar-refractivity contribution in [3.63, 3.8) is 0 Å². The van der Waals surface area contributed by atoms with Crippen molar-refractivity contribution in [1.82, 2.24) is 14.9 Å². The van der Waals surface area contributed by atoms with E-state index in [2.05, 4.69) is 29.7 Å². The Morgan fingerprint density at radius 2 is 1.76 bits per heavy atom. The van der Waals surface area contributed by atoms with E-state index < -0.39 is 0 Å². The van der Waals surface area contributed by atoms with E-state index in [4.69, 9.17) is 5.73 Å². The van der Waals surface area contributed by atoms with Gasteiger partial charge in [0.2, 0.25) is 5.95 Å². The summed E-state index contributed by atoms with van der Waals surface area (Å²) < 4.78 is 14.0. The van der Waals surface area contributed by atoms with Gasteiger partial charge in [0.1, 0.15) is 5.82 Å². The number of nitrogens with two attached hydrogens (primary N) is 1. The molecule has 0 spiro atoms. The molecule has 156 valence electrons. The van der Waals surface area contributed by atoms with Crippen LogP contribution < -0.4 is 15.5 Å². The number of hydrogen-bond donors (Lipinski definition) is 1. The zero-order chi connectivity index (χ0) is 19.3. The second-order valence-electron chi connectivity index (χ2n) is 7.27. The normalized spacial score (nSPS) is 20.0. The molecule has 2 aliphatic rings. The predicted molar refractivity (Wildman–Crippen MR) is 124 cm³/mol. The van der Waals surface area contributed by atoms with Gasteiger partial charge >= 0.3 is 0 Å². The standard InChI is InChI=1S/C20H26FN7.HI/c21-17-4-1-2-5-18(17)28-9-6-16(15-28)14-25-19(22)26-10-12-27(13-11-26)20-23-7-3-8-24-20;/h1-5,7-8,16H,6,9-15H2,(H2,22,25);1H. The van der Waals surface area contributed by atoms with Crippen LogP contribution in [0.25, 0.3) is 0 Å². The van der Waals surface area contributed by atoms with E-state index >= 15 is 0 Å². The monoisotopic (exact) mass is 511 g/mol. The van der Waals surface area contributed by atoms with Crippen molar-refractivity contribution >= 4 is 41.6 Å². The molecule has 2 N–H and O–H groups in total. The first-order valence-corrected chi connectivity index (χ1v) is 9.77. The van der Waals surface area contributed by atoms with Crippen molar-refractivity contribution in [1.29, 1.82) is 0 Å². The summed E-state index contributed by atoms with van der Waals surface area (Å²) in [6, 6.07) is 8.77. The van der Waals surface area contributed by atoms with Gasteiger partial charge in [-0.25, -0.2) is 14.4 Å². The van der Waals surface area contributed by atoms with E-state index in [1.807, 2.05) is 18.2 Å². The van der Waals surface area contributed by atoms with Gasteiger partial charge in [0, 0.05) is 58.2 Å². The number of benzene rings is 1. The Balaban J connectivity index is 0.00000240. The zero-order valence-corrected chi connectivity index (χ0v) is 18.7. The average molecular weight is 511 g/mol. The van der Waals surface area contributed by atoms with Gasteiger partial charge in [-0.2, -0.15) is 0 Å². The minimum atomic E-state index is -0.161. The van der Waals surface area contributed by atoms with Gasteiger partial charge in [0.25, 0.3) is 0 Å². The molecule has 2 saturated heterocycles. The fourth-order valence-corrected chi connectivity index (χ4v) is 3.82. The third-order valence-electron chi connectivity index (χ3n) is 5.43. The molecule has 3 heterocycles. The first-order valence-electron chi connectivity index (χ1n) is 9.77. The molecular formula is C20H27FIN7. The van der Waals surface area contributed by atoms with E-state index in [1.165, 1.54) is 6.07 Å². The van der Waals surface area contributed by atoms with Crippen molar-refractivity contribution in [3.05, 3.63) is 48.5 Å². The SMILES string of the molecule is I.NC(=NCC1CCN(c2ccccc2F)C1)N1CCN(c2ncccn2)CC1. The van der Waals surface area contributed by atoms with Gasteiger partial charge in [0.15, 0.2) is 5.96 Å². The highest BCUT2D eigenvalue weighted by Crippen LogP contribution is 2.26. The summed E-state index contributed by atoms with van der Waals surface area (Å²) in [6.45, 7) is 5.61. The van der Waals surface area contributed by atoms with Crippen molar-refractivity contribution in [3.8, 4) is 0 Å². The Labute approximate surface area is 187 Å². The number of aliphatic imine (C=N–C) groups is 1. The maximum absolute atomic E-state index is 14.0. The van der Waals surface area contributed by atoms with Gasteiger partial charge in [-0.15, -0.1) is 24.0 Å². The van der Waals surface area contributed by atoms with Gasteiger partial charge in [-0.05, 0) is 30.5 Å². The van der Waals surface area contributed by atoms with Crippen LogP contribution in [0, 0.1) is 11.7 Å². The lowest BCUT2D eigenvalue weighted by atomic mass is 10.1. The Morgan fingerprint density at radius 3 is 2.48 bits per heavy atom. The number of halogens is 2. The van der Waals surface area contributed by atoms with Crippen molar-refractivity contribution in [2.75, 3.05) is 55.6 Å². The molecule has 7 nitrogen and oxygen atoms in total. The number of anilines is 2. The molecule has 29 heavy (non-hydrogen) atoms. The largest absolute Gasteiger partial charge is 0.370 e. The quantitative estimate of drug-likeness (QED) is 0.386. The molecule has 0 bridgehead atoms. The molecule has 0 aliphatic carbocycles. The molecule has 0 radical (unpaired) electrons. The first-order chi connectivity index (χ1) is 13.7. The zero-order valence-electron chi connectivity index (χ0n) is 16.3. The van der Waals surface area contributed by atoms with Gasteiger partial charge < -0.3 is 20.4 Å². The number of para-hydroxylation sites is 1. The molecule has 1 aromatic carbocycles. The lowest BCUT2D eigenvalue weighted by Crippen LogP contribution is -2.51. The topological polar surface area (TPSA) is 73.9 Å². The lowest BCUT2D eigenvalue weighted by Gasteiger charge is -2.35. The van der Waals surface area contributed by atoms with E-state index in [-0.39, 0.29) is 29.8 Å². The minimum absolute atomic E-state index is 0. The van der Waals surface area contributed by atoms with Crippen LogP contribution in [0.4, 0.5) is 16.0 Å². The Bertz CT molecular complexity index is 811. The maximum atomic E-state index is 14.0. The molecule has 1 unspecified atom stereocenters. The van der Waals surface area contributed by atoms with Crippen LogP contribution in [0.3, 0.4) is 0 Å². The Kier molecular flexibility index (Phi) is 7.45. The fourth-order valence-electron chi connectivity index (χ4n) is 3.82. The molecule has 1 atom stereocenters. The molecule has 9 heteroatoms. The van der Waals surface area contributed by atoms with E-state index in [0.717, 1.165) is 51.6 Å². The third-order valence-corrected chi connectivity index (χ3v) is 5.43. The summed E-state index contributed by atoms with van der Waals surface area (Å²) in [5.41, 5.74) is 6.91.